The molecular formula is C19H20ClNO. The van der Waals surface area contributed by atoms with E-state index in [2.05, 4.69) is 6.07 Å². The Morgan fingerprint density at radius 2 is 1.91 bits per heavy atom. The van der Waals surface area contributed by atoms with Crippen LogP contribution < -0.4 is 4.74 Å². The van der Waals surface area contributed by atoms with E-state index >= 15 is 0 Å². The molecule has 0 aromatic heterocycles. The van der Waals surface area contributed by atoms with E-state index in [1.807, 2.05) is 62.4 Å². The van der Waals surface area contributed by atoms with Gasteiger partial charge in [-0.3, -0.25) is 0 Å². The molecule has 114 valence electrons. The molecule has 0 saturated carbocycles. The Morgan fingerprint density at radius 1 is 1.18 bits per heavy atom. The van der Waals surface area contributed by atoms with Crippen LogP contribution in [-0.4, -0.2) is 6.61 Å². The van der Waals surface area contributed by atoms with E-state index < -0.39 is 5.41 Å². The van der Waals surface area contributed by atoms with Crippen LogP contribution in [0.2, 0.25) is 5.02 Å². The summed E-state index contributed by atoms with van der Waals surface area (Å²) in [6, 6.07) is 18.0. The summed E-state index contributed by atoms with van der Waals surface area (Å²) in [5, 5.41) is 10.2. The van der Waals surface area contributed by atoms with Gasteiger partial charge in [-0.2, -0.15) is 5.26 Å². The molecule has 2 rings (SSSR count). The summed E-state index contributed by atoms with van der Waals surface area (Å²) in [6.07, 6.45) is 1.58. The topological polar surface area (TPSA) is 33.0 Å². The standard InChI is InChI=1S/C19H20ClNO/c1-15-13-17(20)9-10-18(15)22-12-6-11-19(2,14-21)16-7-4-3-5-8-16/h3-5,7-10,13H,6,11-12H2,1-2H3. The lowest BCUT2D eigenvalue weighted by atomic mass is 9.80. The van der Waals surface area contributed by atoms with Crippen LogP contribution in [0.25, 0.3) is 0 Å². The van der Waals surface area contributed by atoms with E-state index in [0.29, 0.717) is 11.6 Å². The van der Waals surface area contributed by atoms with Gasteiger partial charge in [0.2, 0.25) is 0 Å². The van der Waals surface area contributed by atoms with Crippen molar-refractivity contribution in [2.75, 3.05) is 6.61 Å². The number of ether oxygens (including phenoxy) is 1. The lowest BCUT2D eigenvalue weighted by Crippen LogP contribution is -2.20. The summed E-state index contributed by atoms with van der Waals surface area (Å²) in [7, 11) is 0. The van der Waals surface area contributed by atoms with Gasteiger partial charge in [0.15, 0.2) is 0 Å². The number of rotatable bonds is 6. The zero-order chi connectivity index (χ0) is 16.0. The fourth-order valence-corrected chi connectivity index (χ4v) is 2.68. The van der Waals surface area contributed by atoms with Gasteiger partial charge in [0.05, 0.1) is 18.1 Å². The largest absolute Gasteiger partial charge is 0.493 e. The van der Waals surface area contributed by atoms with Crippen molar-refractivity contribution in [2.24, 2.45) is 0 Å². The Morgan fingerprint density at radius 3 is 2.55 bits per heavy atom. The molecule has 22 heavy (non-hydrogen) atoms. The van der Waals surface area contributed by atoms with Crippen molar-refractivity contribution in [2.45, 2.75) is 32.1 Å². The van der Waals surface area contributed by atoms with Gasteiger partial charge >= 0.3 is 0 Å². The number of halogens is 1. The van der Waals surface area contributed by atoms with Crippen molar-refractivity contribution in [1.29, 1.82) is 5.26 Å². The van der Waals surface area contributed by atoms with E-state index in [9.17, 15) is 5.26 Å². The zero-order valence-electron chi connectivity index (χ0n) is 13.0. The van der Waals surface area contributed by atoms with E-state index in [1.54, 1.807) is 0 Å². The number of nitrogens with zero attached hydrogens (tertiary/aromatic N) is 1. The fourth-order valence-electron chi connectivity index (χ4n) is 2.45. The van der Waals surface area contributed by atoms with Crippen LogP contribution in [0.1, 0.15) is 30.9 Å². The highest BCUT2D eigenvalue weighted by atomic mass is 35.5. The van der Waals surface area contributed by atoms with Gasteiger partial charge in [-0.1, -0.05) is 41.9 Å². The second-order valence-corrected chi connectivity index (χ2v) is 6.11. The highest BCUT2D eigenvalue weighted by molar-refractivity contribution is 6.30. The van der Waals surface area contributed by atoms with Crippen LogP contribution in [0.4, 0.5) is 0 Å². The smallest absolute Gasteiger partial charge is 0.122 e. The molecule has 0 amide bonds. The average Bonchev–Trinajstić information content (AvgIpc) is 2.54. The predicted octanol–water partition coefficient (Wildman–Crippen LogP) is 5.29. The number of hydrogen-bond donors (Lipinski definition) is 0. The Hall–Kier alpha value is -1.98. The van der Waals surface area contributed by atoms with Crippen LogP contribution in [0.15, 0.2) is 48.5 Å². The summed E-state index contributed by atoms with van der Waals surface area (Å²) in [5.41, 5.74) is 1.61. The minimum absolute atomic E-state index is 0.473. The molecule has 1 atom stereocenters. The lowest BCUT2D eigenvalue weighted by molar-refractivity contribution is 0.294. The van der Waals surface area contributed by atoms with Crippen molar-refractivity contribution in [1.82, 2.24) is 0 Å². The minimum atomic E-state index is -0.473. The molecule has 0 aliphatic carbocycles. The number of nitriles is 1. The third-order valence-electron chi connectivity index (χ3n) is 3.87. The highest BCUT2D eigenvalue weighted by Crippen LogP contribution is 2.28. The van der Waals surface area contributed by atoms with Crippen LogP contribution >= 0.6 is 11.6 Å². The van der Waals surface area contributed by atoms with Gasteiger partial charge in [-0.05, 0) is 56.0 Å². The molecule has 2 aromatic carbocycles. The van der Waals surface area contributed by atoms with E-state index in [1.165, 1.54) is 0 Å². The van der Waals surface area contributed by atoms with Gasteiger partial charge in [0.25, 0.3) is 0 Å². The maximum atomic E-state index is 9.52. The molecule has 0 heterocycles. The van der Waals surface area contributed by atoms with Crippen molar-refractivity contribution >= 4 is 11.6 Å². The average molecular weight is 314 g/mol. The minimum Gasteiger partial charge on any atom is -0.493 e. The highest BCUT2D eigenvalue weighted by Gasteiger charge is 2.25. The van der Waals surface area contributed by atoms with Crippen molar-refractivity contribution in [3.8, 4) is 11.8 Å². The maximum absolute atomic E-state index is 9.52. The quantitative estimate of drug-likeness (QED) is 0.679. The zero-order valence-corrected chi connectivity index (χ0v) is 13.7. The van der Waals surface area contributed by atoms with Crippen LogP contribution in [0, 0.1) is 18.3 Å². The summed E-state index contributed by atoms with van der Waals surface area (Å²) in [5.74, 6) is 0.850. The molecule has 3 heteroatoms. The van der Waals surface area contributed by atoms with Crippen LogP contribution in [-0.2, 0) is 5.41 Å². The van der Waals surface area contributed by atoms with E-state index in [4.69, 9.17) is 16.3 Å². The molecule has 0 N–H and O–H groups in total. The lowest BCUT2D eigenvalue weighted by Gasteiger charge is -2.22. The van der Waals surface area contributed by atoms with Gasteiger partial charge in [-0.25, -0.2) is 0 Å². The van der Waals surface area contributed by atoms with Gasteiger partial charge in [0.1, 0.15) is 5.75 Å². The van der Waals surface area contributed by atoms with Gasteiger partial charge in [-0.15, -0.1) is 0 Å². The number of benzene rings is 2. The molecular weight excluding hydrogens is 294 g/mol. The third kappa shape index (κ3) is 4.02. The Balaban J connectivity index is 1.91. The molecule has 0 fully saturated rings. The molecule has 0 bridgehead atoms. The van der Waals surface area contributed by atoms with E-state index in [-0.39, 0.29) is 0 Å². The molecule has 0 radical (unpaired) electrons. The van der Waals surface area contributed by atoms with Crippen molar-refractivity contribution < 1.29 is 4.74 Å². The Kier molecular flexibility index (Phi) is 5.46. The summed E-state index contributed by atoms with van der Waals surface area (Å²) < 4.78 is 5.80. The number of hydrogen-bond acceptors (Lipinski definition) is 2. The second-order valence-electron chi connectivity index (χ2n) is 5.67. The third-order valence-corrected chi connectivity index (χ3v) is 4.11. The molecule has 2 nitrogen and oxygen atoms in total. The SMILES string of the molecule is Cc1cc(Cl)ccc1OCCCC(C)(C#N)c1ccccc1. The fraction of sp³-hybridized carbons (Fsp3) is 0.316. The van der Waals surface area contributed by atoms with E-state index in [0.717, 1.165) is 29.7 Å². The molecule has 1 unspecified atom stereocenters. The van der Waals surface area contributed by atoms with Crippen molar-refractivity contribution in [3.05, 3.63) is 64.7 Å². The van der Waals surface area contributed by atoms with Gasteiger partial charge < -0.3 is 4.74 Å². The van der Waals surface area contributed by atoms with Crippen LogP contribution in [0.5, 0.6) is 5.75 Å². The first-order valence-corrected chi connectivity index (χ1v) is 7.79. The normalized spacial score (nSPS) is 13.2. The maximum Gasteiger partial charge on any atom is 0.122 e. The molecule has 0 aliphatic heterocycles. The summed E-state index contributed by atoms with van der Waals surface area (Å²) in [6.45, 7) is 4.55. The predicted molar refractivity (Wildman–Crippen MR) is 90.3 cm³/mol. The first-order valence-electron chi connectivity index (χ1n) is 7.41. The van der Waals surface area contributed by atoms with Gasteiger partial charge in [0, 0.05) is 5.02 Å². The summed E-state index contributed by atoms with van der Waals surface area (Å²) >= 11 is 5.93. The first-order chi connectivity index (χ1) is 10.5. The molecule has 0 aliphatic rings. The Bertz CT molecular complexity index is 663. The number of aryl methyl sites for hydroxylation is 1. The molecule has 0 saturated heterocycles. The first kappa shape index (κ1) is 16.4. The Labute approximate surface area is 137 Å². The monoisotopic (exact) mass is 313 g/mol. The van der Waals surface area contributed by atoms with Crippen LogP contribution in [0.3, 0.4) is 0 Å². The summed E-state index contributed by atoms with van der Waals surface area (Å²) in [4.78, 5) is 0. The molecule has 0 spiro atoms. The van der Waals surface area contributed by atoms with Crippen molar-refractivity contribution in [3.63, 3.8) is 0 Å². The molecule has 2 aromatic rings. The second kappa shape index (κ2) is 7.33.